The summed E-state index contributed by atoms with van der Waals surface area (Å²) >= 11 is 0. The van der Waals surface area contributed by atoms with Gasteiger partial charge in [-0.25, -0.2) is 4.72 Å². The van der Waals surface area contributed by atoms with Crippen LogP contribution in [0, 0.1) is 0 Å². The number of hydrogen-bond acceptors (Lipinski definition) is 5. The summed E-state index contributed by atoms with van der Waals surface area (Å²) in [6, 6.07) is -1.83. The average molecular weight is 348 g/mol. The molecule has 132 valence electrons. The summed E-state index contributed by atoms with van der Waals surface area (Å²) in [4.78, 5) is 1.24. The van der Waals surface area contributed by atoms with Crippen molar-refractivity contribution in [2.75, 3.05) is 60.0 Å². The lowest BCUT2D eigenvalue weighted by Crippen LogP contribution is -2.58. The molecule has 1 aliphatic heterocycles. The second kappa shape index (κ2) is 8.41. The normalized spacial score (nSPS) is 19.5. The number of likely N-dealkylation sites (N-methyl/N-ethyl adjacent to an activating group) is 1. The van der Waals surface area contributed by atoms with Crippen molar-refractivity contribution in [3.05, 3.63) is 0 Å². The maximum absolute atomic E-state index is 13.2. The Hall–Kier alpha value is -0.460. The molecule has 2 N–H and O–H groups in total. The summed E-state index contributed by atoms with van der Waals surface area (Å²) in [6.45, 7) is 0.883. The van der Waals surface area contributed by atoms with Gasteiger partial charge in [0.05, 0.1) is 6.61 Å². The van der Waals surface area contributed by atoms with Crippen LogP contribution >= 0.6 is 0 Å². The molecule has 1 heterocycles. The van der Waals surface area contributed by atoms with Gasteiger partial charge in [-0.1, -0.05) is 0 Å². The van der Waals surface area contributed by atoms with Gasteiger partial charge in [-0.05, 0) is 0 Å². The van der Waals surface area contributed by atoms with E-state index in [1.165, 1.54) is 19.1 Å². The SMILES string of the molecule is COCCN(C)S(=O)(=O)NCC(N1CCNCC1)C(F)(F)F. The van der Waals surface area contributed by atoms with Crippen LogP contribution in [0.15, 0.2) is 0 Å². The van der Waals surface area contributed by atoms with E-state index < -0.39 is 29.0 Å². The zero-order valence-electron chi connectivity index (χ0n) is 12.7. The van der Waals surface area contributed by atoms with E-state index in [1.54, 1.807) is 0 Å². The van der Waals surface area contributed by atoms with E-state index in [9.17, 15) is 21.6 Å². The molecule has 1 aliphatic rings. The fraction of sp³-hybridized carbons (Fsp3) is 1.00. The molecular formula is C11H23F3N4O3S. The molecule has 0 aliphatic carbocycles. The molecule has 1 saturated heterocycles. The largest absolute Gasteiger partial charge is 0.405 e. The van der Waals surface area contributed by atoms with Crippen LogP contribution in [0.2, 0.25) is 0 Å². The summed E-state index contributed by atoms with van der Waals surface area (Å²) in [6.07, 6.45) is -4.50. The summed E-state index contributed by atoms with van der Waals surface area (Å²) < 4.78 is 71.0. The fourth-order valence-electron chi connectivity index (χ4n) is 2.08. The van der Waals surface area contributed by atoms with Gasteiger partial charge in [0.25, 0.3) is 10.2 Å². The molecular weight excluding hydrogens is 325 g/mol. The standard InChI is InChI=1S/C11H23F3N4O3S/c1-17(7-8-21-2)22(19,20)16-9-10(11(12,13)14)18-5-3-15-4-6-18/h10,15-16H,3-9H2,1-2H3. The van der Waals surface area contributed by atoms with Crippen molar-refractivity contribution in [2.45, 2.75) is 12.2 Å². The first kappa shape index (κ1) is 19.6. The lowest BCUT2D eigenvalue weighted by atomic mass is 10.2. The monoisotopic (exact) mass is 348 g/mol. The van der Waals surface area contributed by atoms with Crippen LogP contribution in [0.1, 0.15) is 0 Å². The van der Waals surface area contributed by atoms with E-state index in [4.69, 9.17) is 4.74 Å². The van der Waals surface area contributed by atoms with Gasteiger partial charge in [-0.15, -0.1) is 0 Å². The minimum Gasteiger partial charge on any atom is -0.383 e. The van der Waals surface area contributed by atoms with Crippen molar-refractivity contribution in [1.29, 1.82) is 0 Å². The van der Waals surface area contributed by atoms with Crippen LogP contribution in [0.4, 0.5) is 13.2 Å². The Morgan fingerprint density at radius 1 is 1.36 bits per heavy atom. The van der Waals surface area contributed by atoms with Gasteiger partial charge in [-0.3, -0.25) is 4.90 Å². The number of nitrogens with zero attached hydrogens (tertiary/aromatic N) is 2. The highest BCUT2D eigenvalue weighted by molar-refractivity contribution is 7.87. The van der Waals surface area contributed by atoms with Crippen LogP contribution in [0.3, 0.4) is 0 Å². The highest BCUT2D eigenvalue weighted by Gasteiger charge is 2.44. The molecule has 0 saturated carbocycles. The van der Waals surface area contributed by atoms with Crippen LogP contribution in [-0.4, -0.2) is 89.9 Å². The van der Waals surface area contributed by atoms with Gasteiger partial charge in [0, 0.05) is 53.4 Å². The second-order valence-corrected chi connectivity index (χ2v) is 6.87. The van der Waals surface area contributed by atoms with E-state index in [1.807, 2.05) is 4.72 Å². The molecule has 0 radical (unpaired) electrons. The van der Waals surface area contributed by atoms with Gasteiger partial charge in [-0.2, -0.15) is 25.9 Å². The lowest BCUT2D eigenvalue weighted by molar-refractivity contribution is -0.182. The predicted octanol–water partition coefficient (Wildman–Crippen LogP) is -0.765. The maximum atomic E-state index is 13.2. The third-order valence-electron chi connectivity index (χ3n) is 3.45. The van der Waals surface area contributed by atoms with Crippen LogP contribution in [0.5, 0.6) is 0 Å². The minimum absolute atomic E-state index is 0.0656. The molecule has 11 heteroatoms. The fourth-order valence-corrected chi connectivity index (χ4v) is 2.98. The Morgan fingerprint density at radius 2 is 1.95 bits per heavy atom. The predicted molar refractivity (Wildman–Crippen MR) is 75.7 cm³/mol. The van der Waals surface area contributed by atoms with Crippen molar-refractivity contribution in [3.63, 3.8) is 0 Å². The molecule has 0 bridgehead atoms. The van der Waals surface area contributed by atoms with Crippen molar-refractivity contribution in [2.24, 2.45) is 0 Å². The first-order chi connectivity index (χ1) is 10.2. The molecule has 1 unspecified atom stereocenters. The highest BCUT2D eigenvalue weighted by Crippen LogP contribution is 2.25. The smallest absolute Gasteiger partial charge is 0.383 e. The number of piperazine rings is 1. The van der Waals surface area contributed by atoms with E-state index in [0.29, 0.717) is 13.1 Å². The van der Waals surface area contributed by atoms with Gasteiger partial charge in [0.15, 0.2) is 0 Å². The summed E-state index contributed by atoms with van der Waals surface area (Å²) in [7, 11) is -1.26. The second-order valence-electron chi connectivity index (χ2n) is 5.01. The van der Waals surface area contributed by atoms with Crippen molar-refractivity contribution in [1.82, 2.24) is 19.2 Å². The van der Waals surface area contributed by atoms with Gasteiger partial charge in [0.2, 0.25) is 0 Å². The van der Waals surface area contributed by atoms with E-state index >= 15 is 0 Å². The number of nitrogens with one attached hydrogen (secondary N) is 2. The minimum atomic E-state index is -4.50. The van der Waals surface area contributed by atoms with Crippen LogP contribution in [0.25, 0.3) is 0 Å². The van der Waals surface area contributed by atoms with Crippen molar-refractivity contribution in [3.8, 4) is 0 Å². The number of methoxy groups -OCH3 is 1. The Kier molecular flexibility index (Phi) is 7.49. The summed E-state index contributed by atoms with van der Waals surface area (Å²) in [5, 5.41) is 2.96. The molecule has 0 aromatic rings. The zero-order chi connectivity index (χ0) is 16.8. The Bertz CT molecular complexity index is 427. The number of rotatable bonds is 8. The Morgan fingerprint density at radius 3 is 2.45 bits per heavy atom. The summed E-state index contributed by atoms with van der Waals surface area (Å²) in [5.41, 5.74) is 0. The summed E-state index contributed by atoms with van der Waals surface area (Å²) in [5.74, 6) is 0. The highest BCUT2D eigenvalue weighted by atomic mass is 32.2. The molecule has 0 spiro atoms. The average Bonchev–Trinajstić information content (AvgIpc) is 2.44. The maximum Gasteiger partial charge on any atom is 0.405 e. The van der Waals surface area contributed by atoms with E-state index in [-0.39, 0.29) is 26.2 Å². The first-order valence-corrected chi connectivity index (χ1v) is 8.34. The van der Waals surface area contributed by atoms with Gasteiger partial charge in [0.1, 0.15) is 6.04 Å². The molecule has 1 fully saturated rings. The molecule has 1 atom stereocenters. The molecule has 0 aromatic carbocycles. The lowest BCUT2D eigenvalue weighted by Gasteiger charge is -2.36. The molecule has 22 heavy (non-hydrogen) atoms. The molecule has 7 nitrogen and oxygen atoms in total. The number of halogens is 3. The molecule has 0 amide bonds. The van der Waals surface area contributed by atoms with E-state index in [2.05, 4.69) is 5.32 Å². The Labute approximate surface area is 129 Å². The molecule has 1 rings (SSSR count). The van der Waals surface area contributed by atoms with Crippen molar-refractivity contribution < 1.29 is 26.3 Å². The number of alkyl halides is 3. The quantitative estimate of drug-likeness (QED) is 0.603. The van der Waals surface area contributed by atoms with Crippen LogP contribution < -0.4 is 10.0 Å². The third-order valence-corrected chi connectivity index (χ3v) is 4.98. The first-order valence-electron chi connectivity index (χ1n) is 6.90. The number of ether oxygens (including phenoxy) is 1. The van der Waals surface area contributed by atoms with Gasteiger partial charge < -0.3 is 10.1 Å². The zero-order valence-corrected chi connectivity index (χ0v) is 13.5. The Balaban J connectivity index is 2.66. The van der Waals surface area contributed by atoms with Crippen molar-refractivity contribution >= 4 is 10.2 Å². The van der Waals surface area contributed by atoms with E-state index in [0.717, 1.165) is 4.31 Å². The molecule has 0 aromatic heterocycles. The van der Waals surface area contributed by atoms with Gasteiger partial charge >= 0.3 is 6.18 Å². The number of hydrogen-bond donors (Lipinski definition) is 2. The third kappa shape index (κ3) is 5.97. The van der Waals surface area contributed by atoms with Crippen LogP contribution in [-0.2, 0) is 14.9 Å². The topological polar surface area (TPSA) is 73.9 Å².